The number of nitrogens with one attached hydrogen (secondary N) is 1. The number of carbonyl (C=O) groups is 1. The van der Waals surface area contributed by atoms with Gasteiger partial charge >= 0.3 is 0 Å². The van der Waals surface area contributed by atoms with Crippen molar-refractivity contribution in [2.75, 3.05) is 5.32 Å². The van der Waals surface area contributed by atoms with E-state index in [1.54, 1.807) is 6.08 Å². The van der Waals surface area contributed by atoms with Gasteiger partial charge < -0.3 is 5.32 Å². The monoisotopic (exact) mass is 319 g/mol. The topological polar surface area (TPSA) is 115 Å². The van der Waals surface area contributed by atoms with Crippen LogP contribution in [0.1, 0.15) is 4.88 Å². The first-order valence-electron chi connectivity index (χ1n) is 5.93. The number of thiophene rings is 1. The first-order valence-corrected chi connectivity index (χ1v) is 6.81. The number of nitro groups is 2. The summed E-state index contributed by atoms with van der Waals surface area (Å²) in [4.78, 5) is 32.6. The fraction of sp³-hybridized carbons (Fsp3) is 0. The van der Waals surface area contributed by atoms with Gasteiger partial charge in [0.1, 0.15) is 5.69 Å². The molecule has 0 unspecified atom stereocenters. The van der Waals surface area contributed by atoms with Crippen LogP contribution in [0.15, 0.2) is 41.8 Å². The maximum absolute atomic E-state index is 11.8. The van der Waals surface area contributed by atoms with Crippen LogP contribution in [0.5, 0.6) is 0 Å². The Labute approximate surface area is 128 Å². The first-order chi connectivity index (χ1) is 10.5. The van der Waals surface area contributed by atoms with Crippen molar-refractivity contribution in [2.24, 2.45) is 0 Å². The van der Waals surface area contributed by atoms with Crippen molar-refractivity contribution in [3.63, 3.8) is 0 Å². The second-order valence-corrected chi connectivity index (χ2v) is 5.03. The third-order valence-corrected chi connectivity index (χ3v) is 3.43. The Morgan fingerprint density at radius 1 is 1.18 bits per heavy atom. The smallest absolute Gasteiger partial charge is 0.299 e. The van der Waals surface area contributed by atoms with Gasteiger partial charge in [0.25, 0.3) is 11.4 Å². The van der Waals surface area contributed by atoms with Crippen LogP contribution >= 0.6 is 11.3 Å². The summed E-state index contributed by atoms with van der Waals surface area (Å²) in [6.07, 6.45) is 2.80. The van der Waals surface area contributed by atoms with Crippen molar-refractivity contribution in [2.45, 2.75) is 0 Å². The van der Waals surface area contributed by atoms with Gasteiger partial charge in [-0.05, 0) is 23.6 Å². The van der Waals surface area contributed by atoms with Gasteiger partial charge in [-0.25, -0.2) is 0 Å². The largest absolute Gasteiger partial charge is 0.317 e. The van der Waals surface area contributed by atoms with E-state index >= 15 is 0 Å². The lowest BCUT2D eigenvalue weighted by atomic mass is 10.2. The molecule has 2 rings (SSSR count). The highest BCUT2D eigenvalue weighted by molar-refractivity contribution is 7.10. The fourth-order valence-electron chi connectivity index (χ4n) is 1.61. The van der Waals surface area contributed by atoms with Gasteiger partial charge in [0.2, 0.25) is 5.91 Å². The number of amides is 1. The summed E-state index contributed by atoms with van der Waals surface area (Å²) < 4.78 is 0. The van der Waals surface area contributed by atoms with Gasteiger partial charge in [-0.1, -0.05) is 6.07 Å². The van der Waals surface area contributed by atoms with E-state index in [1.807, 2.05) is 17.5 Å². The molecule has 9 heteroatoms. The molecule has 0 bridgehead atoms. The predicted molar refractivity (Wildman–Crippen MR) is 81.7 cm³/mol. The van der Waals surface area contributed by atoms with Crippen molar-refractivity contribution in [3.8, 4) is 0 Å². The molecule has 112 valence electrons. The Balaban J connectivity index is 2.19. The molecule has 0 aliphatic carbocycles. The predicted octanol–water partition coefficient (Wildman–Crippen LogP) is 3.22. The van der Waals surface area contributed by atoms with Gasteiger partial charge in [-0.3, -0.25) is 25.0 Å². The second-order valence-electron chi connectivity index (χ2n) is 4.05. The number of carbonyl (C=O) groups excluding carboxylic acids is 1. The number of anilines is 1. The van der Waals surface area contributed by atoms with E-state index in [4.69, 9.17) is 0 Å². The van der Waals surface area contributed by atoms with E-state index in [1.165, 1.54) is 17.4 Å². The number of rotatable bonds is 5. The summed E-state index contributed by atoms with van der Waals surface area (Å²) in [6, 6.07) is 6.66. The molecule has 22 heavy (non-hydrogen) atoms. The van der Waals surface area contributed by atoms with E-state index in [0.717, 1.165) is 23.1 Å². The molecule has 0 aliphatic rings. The lowest BCUT2D eigenvalue weighted by Crippen LogP contribution is -2.09. The molecule has 0 fully saturated rings. The van der Waals surface area contributed by atoms with Gasteiger partial charge in [0.15, 0.2) is 0 Å². The van der Waals surface area contributed by atoms with Crippen LogP contribution in [0, 0.1) is 20.2 Å². The first kappa shape index (κ1) is 15.3. The minimum atomic E-state index is -0.786. The molecule has 1 N–H and O–H groups in total. The molecule has 0 saturated heterocycles. The van der Waals surface area contributed by atoms with Crippen molar-refractivity contribution >= 4 is 40.4 Å². The summed E-state index contributed by atoms with van der Waals surface area (Å²) in [5.41, 5.74) is -1.05. The summed E-state index contributed by atoms with van der Waals surface area (Å²) in [5.74, 6) is -0.564. The molecule has 1 amide bonds. The molecule has 0 aliphatic heterocycles. The van der Waals surface area contributed by atoms with Crippen molar-refractivity contribution in [3.05, 3.63) is 66.9 Å². The van der Waals surface area contributed by atoms with Crippen molar-refractivity contribution < 1.29 is 14.6 Å². The minimum Gasteiger partial charge on any atom is -0.317 e. The number of hydrogen-bond acceptors (Lipinski definition) is 6. The molecular formula is C13H9N3O5S. The van der Waals surface area contributed by atoms with E-state index in [2.05, 4.69) is 5.32 Å². The Hall–Kier alpha value is -3.07. The molecule has 2 aromatic rings. The zero-order chi connectivity index (χ0) is 16.1. The second kappa shape index (κ2) is 6.59. The van der Waals surface area contributed by atoms with Crippen LogP contribution in [0.2, 0.25) is 0 Å². The zero-order valence-corrected chi connectivity index (χ0v) is 11.8. The highest BCUT2D eigenvalue weighted by Gasteiger charge is 2.20. The Bertz CT molecular complexity index is 755. The van der Waals surface area contributed by atoms with E-state index in [0.29, 0.717) is 0 Å². The van der Waals surface area contributed by atoms with Crippen LogP contribution in [-0.4, -0.2) is 15.8 Å². The highest BCUT2D eigenvalue weighted by atomic mass is 32.1. The lowest BCUT2D eigenvalue weighted by Gasteiger charge is -2.03. The lowest BCUT2D eigenvalue weighted by molar-refractivity contribution is -0.393. The van der Waals surface area contributed by atoms with Crippen LogP contribution in [-0.2, 0) is 4.79 Å². The summed E-state index contributed by atoms with van der Waals surface area (Å²) in [7, 11) is 0. The normalized spacial score (nSPS) is 10.5. The summed E-state index contributed by atoms with van der Waals surface area (Å²) >= 11 is 1.43. The number of hydrogen-bond donors (Lipinski definition) is 1. The van der Waals surface area contributed by atoms with E-state index in [9.17, 15) is 25.0 Å². The Morgan fingerprint density at radius 2 is 1.95 bits per heavy atom. The van der Waals surface area contributed by atoms with E-state index in [-0.39, 0.29) is 5.69 Å². The molecule has 1 aromatic heterocycles. The number of nitrogens with zero attached hydrogens (tertiary/aromatic N) is 2. The molecular weight excluding hydrogens is 310 g/mol. The number of benzene rings is 1. The summed E-state index contributed by atoms with van der Waals surface area (Å²) in [6.45, 7) is 0. The summed E-state index contributed by atoms with van der Waals surface area (Å²) in [5, 5.41) is 25.7. The van der Waals surface area contributed by atoms with Crippen molar-refractivity contribution in [1.29, 1.82) is 0 Å². The third kappa shape index (κ3) is 3.73. The average molecular weight is 319 g/mol. The van der Waals surface area contributed by atoms with Crippen LogP contribution in [0.3, 0.4) is 0 Å². The van der Waals surface area contributed by atoms with Gasteiger partial charge in [0.05, 0.1) is 15.9 Å². The molecule has 1 heterocycles. The fourth-order valence-corrected chi connectivity index (χ4v) is 2.23. The standard InChI is InChI=1S/C13H9N3O5S/c17-13(6-4-10-2-1-7-22-10)14-11-5-3-9(15(18)19)8-12(11)16(20)21/h1-8H,(H,14,17). The van der Waals surface area contributed by atoms with Gasteiger partial charge in [-0.15, -0.1) is 11.3 Å². The number of nitro benzene ring substituents is 2. The SMILES string of the molecule is O=C(C=Cc1cccs1)Nc1ccc([N+](=O)[O-])cc1[N+](=O)[O-]. The minimum absolute atomic E-state index is 0.101. The van der Waals surface area contributed by atoms with Gasteiger partial charge in [0, 0.05) is 17.0 Å². The Morgan fingerprint density at radius 3 is 2.55 bits per heavy atom. The highest BCUT2D eigenvalue weighted by Crippen LogP contribution is 2.28. The van der Waals surface area contributed by atoms with Crippen LogP contribution in [0.25, 0.3) is 6.08 Å². The molecule has 0 spiro atoms. The maximum Gasteiger partial charge on any atom is 0.299 e. The van der Waals surface area contributed by atoms with Crippen LogP contribution < -0.4 is 5.32 Å². The molecule has 0 atom stereocenters. The van der Waals surface area contributed by atoms with E-state index < -0.39 is 27.1 Å². The van der Waals surface area contributed by atoms with Crippen LogP contribution in [0.4, 0.5) is 17.1 Å². The number of non-ortho nitro benzene ring substituents is 1. The third-order valence-electron chi connectivity index (χ3n) is 2.59. The average Bonchev–Trinajstić information content (AvgIpc) is 2.98. The maximum atomic E-state index is 11.8. The molecule has 0 saturated carbocycles. The quantitative estimate of drug-likeness (QED) is 0.516. The molecule has 8 nitrogen and oxygen atoms in total. The van der Waals surface area contributed by atoms with Crippen molar-refractivity contribution in [1.82, 2.24) is 0 Å². The Kier molecular flexibility index (Phi) is 4.59. The molecule has 1 aromatic carbocycles. The zero-order valence-electron chi connectivity index (χ0n) is 11.0. The molecule has 0 radical (unpaired) electrons. The van der Waals surface area contributed by atoms with Gasteiger partial charge in [-0.2, -0.15) is 0 Å².